The van der Waals surface area contributed by atoms with Crippen molar-refractivity contribution in [2.45, 2.75) is 26.4 Å². The molecule has 184 valence electrons. The highest BCUT2D eigenvalue weighted by Gasteiger charge is 2.31. The van der Waals surface area contributed by atoms with Crippen molar-refractivity contribution >= 4 is 33.3 Å². The van der Waals surface area contributed by atoms with Crippen LogP contribution in [0, 0.1) is 6.92 Å². The summed E-state index contributed by atoms with van der Waals surface area (Å²) in [6.07, 6.45) is 0. The fourth-order valence-corrected chi connectivity index (χ4v) is 4.25. The second kappa shape index (κ2) is 9.43. The van der Waals surface area contributed by atoms with Crippen molar-refractivity contribution in [3.63, 3.8) is 0 Å². The van der Waals surface area contributed by atoms with Crippen LogP contribution in [0.4, 0.5) is 0 Å². The Labute approximate surface area is 214 Å². The number of aryl methyl sites for hydroxylation is 1. The predicted molar refractivity (Wildman–Crippen MR) is 145 cm³/mol. The van der Waals surface area contributed by atoms with Crippen molar-refractivity contribution in [2.24, 2.45) is 0 Å². The van der Waals surface area contributed by atoms with E-state index in [-0.39, 0.29) is 11.5 Å². The normalized spacial score (nSPS) is 11.4. The molecule has 37 heavy (non-hydrogen) atoms. The van der Waals surface area contributed by atoms with E-state index in [1.165, 1.54) is 0 Å². The van der Waals surface area contributed by atoms with Gasteiger partial charge in [0.2, 0.25) is 5.78 Å². The molecule has 0 unspecified atom stereocenters. The molecule has 0 heterocycles. The Bertz CT molecular complexity index is 1650. The number of benzene rings is 5. The van der Waals surface area contributed by atoms with Gasteiger partial charge in [0.05, 0.1) is 5.56 Å². The van der Waals surface area contributed by atoms with Gasteiger partial charge >= 0.3 is 5.97 Å². The summed E-state index contributed by atoms with van der Waals surface area (Å²) in [7, 11) is 0. The van der Waals surface area contributed by atoms with Gasteiger partial charge in [0.15, 0.2) is 5.60 Å². The Balaban J connectivity index is 1.33. The summed E-state index contributed by atoms with van der Waals surface area (Å²) in [4.78, 5) is 26.0. The number of rotatable bonds is 6. The zero-order valence-corrected chi connectivity index (χ0v) is 20.8. The van der Waals surface area contributed by atoms with Crippen molar-refractivity contribution in [1.82, 2.24) is 0 Å². The van der Waals surface area contributed by atoms with Gasteiger partial charge in [-0.15, -0.1) is 0 Å². The van der Waals surface area contributed by atoms with Crippen LogP contribution in [0.2, 0.25) is 0 Å². The Morgan fingerprint density at radius 2 is 1.19 bits per heavy atom. The zero-order chi connectivity index (χ0) is 26.2. The first-order chi connectivity index (χ1) is 17.7. The molecule has 5 rings (SSSR count). The van der Waals surface area contributed by atoms with Gasteiger partial charge in [0.25, 0.3) is 0 Å². The van der Waals surface area contributed by atoms with Crippen molar-refractivity contribution in [3.05, 3.63) is 114 Å². The monoisotopic (exact) mass is 490 g/mol. The lowest BCUT2D eigenvalue weighted by molar-refractivity contribution is 0.0584. The van der Waals surface area contributed by atoms with Crippen LogP contribution >= 0.6 is 0 Å². The topological polar surface area (TPSA) is 72.8 Å². The molecule has 0 aliphatic rings. The van der Waals surface area contributed by atoms with Crippen LogP contribution in [0.3, 0.4) is 0 Å². The standard InChI is InChI=1S/C32H26O5/c1-20-4-13-28(14-5-20)37-32(2,3)30(34)25-8-6-24-19-29(15-11-22(24)16-25)36-31(35)26-9-7-23-18-27(33)12-10-21(23)17-26/h4-19,33H,1-3H3. The third kappa shape index (κ3) is 5.16. The number of Topliss-reactive ketones (excluding diaryl/α,β-unsaturated/α-hetero) is 1. The van der Waals surface area contributed by atoms with Gasteiger partial charge in [-0.25, -0.2) is 4.79 Å². The number of carbonyl (C=O) groups excluding carboxylic acids is 2. The first-order valence-corrected chi connectivity index (χ1v) is 12.0. The van der Waals surface area contributed by atoms with Gasteiger partial charge in [-0.1, -0.05) is 48.0 Å². The first kappa shape index (κ1) is 24.1. The Kier molecular flexibility index (Phi) is 6.14. The lowest BCUT2D eigenvalue weighted by Crippen LogP contribution is -2.38. The van der Waals surface area contributed by atoms with Crippen molar-refractivity contribution in [1.29, 1.82) is 0 Å². The van der Waals surface area contributed by atoms with Gasteiger partial charge in [0.1, 0.15) is 17.2 Å². The SMILES string of the molecule is Cc1ccc(OC(C)(C)C(=O)c2ccc3cc(OC(=O)c4ccc5cc(O)ccc5c4)ccc3c2)cc1. The number of aromatic hydroxyl groups is 1. The minimum Gasteiger partial charge on any atom is -0.508 e. The average molecular weight is 491 g/mol. The molecule has 0 fully saturated rings. The molecular formula is C32H26O5. The Morgan fingerprint density at radius 1 is 0.649 bits per heavy atom. The number of hydrogen-bond donors (Lipinski definition) is 1. The third-order valence-electron chi connectivity index (χ3n) is 6.28. The van der Waals surface area contributed by atoms with Gasteiger partial charge in [-0.2, -0.15) is 0 Å². The molecule has 5 aromatic rings. The van der Waals surface area contributed by atoms with E-state index in [4.69, 9.17) is 9.47 Å². The first-order valence-electron chi connectivity index (χ1n) is 12.0. The molecule has 5 aromatic carbocycles. The molecule has 5 nitrogen and oxygen atoms in total. The highest BCUT2D eigenvalue weighted by atomic mass is 16.5. The fraction of sp³-hybridized carbons (Fsp3) is 0.125. The van der Waals surface area contributed by atoms with Gasteiger partial charge in [-0.05, 0) is 96.9 Å². The Hall–Kier alpha value is -4.64. The number of fused-ring (bicyclic) bond motifs is 2. The molecule has 0 bridgehead atoms. The van der Waals surface area contributed by atoms with Crippen LogP contribution in [0.1, 0.15) is 40.1 Å². The maximum Gasteiger partial charge on any atom is 0.343 e. The Morgan fingerprint density at radius 3 is 1.92 bits per heavy atom. The summed E-state index contributed by atoms with van der Waals surface area (Å²) < 4.78 is 11.6. The molecule has 0 aliphatic heterocycles. The van der Waals surface area contributed by atoms with E-state index in [0.717, 1.165) is 27.1 Å². The number of phenols is 1. The molecule has 0 aliphatic carbocycles. The van der Waals surface area contributed by atoms with E-state index in [1.54, 1.807) is 68.4 Å². The second-order valence-corrected chi connectivity index (χ2v) is 9.61. The molecule has 0 saturated heterocycles. The van der Waals surface area contributed by atoms with E-state index in [9.17, 15) is 14.7 Å². The lowest BCUT2D eigenvalue weighted by Gasteiger charge is -2.25. The lowest BCUT2D eigenvalue weighted by atomic mass is 9.94. The summed E-state index contributed by atoms with van der Waals surface area (Å²) in [6.45, 7) is 5.52. The smallest absolute Gasteiger partial charge is 0.343 e. The van der Waals surface area contributed by atoms with Crippen LogP contribution in [0.5, 0.6) is 17.2 Å². The van der Waals surface area contributed by atoms with Crippen LogP contribution < -0.4 is 9.47 Å². The number of carbonyl (C=O) groups is 2. The van der Waals surface area contributed by atoms with Crippen molar-refractivity contribution in [2.75, 3.05) is 0 Å². The predicted octanol–water partition coefficient (Wildman–Crippen LogP) is 7.27. The molecule has 5 heteroatoms. The summed E-state index contributed by atoms with van der Waals surface area (Å²) in [5.74, 6) is 0.614. The van der Waals surface area contributed by atoms with Crippen LogP contribution in [0.15, 0.2) is 97.1 Å². The number of ether oxygens (including phenoxy) is 2. The molecule has 0 aromatic heterocycles. The van der Waals surface area contributed by atoms with E-state index in [2.05, 4.69) is 0 Å². The van der Waals surface area contributed by atoms with Crippen LogP contribution in [-0.2, 0) is 0 Å². The zero-order valence-electron chi connectivity index (χ0n) is 20.8. The van der Waals surface area contributed by atoms with Crippen molar-refractivity contribution in [3.8, 4) is 17.2 Å². The van der Waals surface area contributed by atoms with Crippen LogP contribution in [-0.4, -0.2) is 22.5 Å². The minimum absolute atomic E-state index is 0.130. The quantitative estimate of drug-likeness (QED) is 0.154. The molecule has 1 N–H and O–H groups in total. The number of ketones is 1. The molecule has 0 saturated carbocycles. The fourth-order valence-electron chi connectivity index (χ4n) is 4.25. The summed E-state index contributed by atoms with van der Waals surface area (Å²) in [5, 5.41) is 13.0. The van der Waals surface area contributed by atoms with Crippen molar-refractivity contribution < 1.29 is 24.2 Å². The summed E-state index contributed by atoms with van der Waals surface area (Å²) in [5.41, 5.74) is 1.03. The van der Waals surface area contributed by atoms with E-state index in [0.29, 0.717) is 22.6 Å². The summed E-state index contributed by atoms with van der Waals surface area (Å²) in [6, 6.07) is 28.5. The second-order valence-electron chi connectivity index (χ2n) is 9.61. The number of esters is 1. The maximum atomic E-state index is 13.3. The largest absolute Gasteiger partial charge is 0.508 e. The molecule has 0 atom stereocenters. The third-order valence-corrected chi connectivity index (χ3v) is 6.28. The van der Waals surface area contributed by atoms with Crippen LogP contribution in [0.25, 0.3) is 21.5 Å². The molecule has 0 amide bonds. The highest BCUT2D eigenvalue weighted by molar-refractivity contribution is 6.05. The molecular weight excluding hydrogens is 464 g/mol. The maximum absolute atomic E-state index is 13.3. The minimum atomic E-state index is -1.04. The average Bonchev–Trinajstić information content (AvgIpc) is 2.88. The van der Waals surface area contributed by atoms with Gasteiger partial charge in [-0.3, -0.25) is 4.79 Å². The number of phenolic OH excluding ortho intramolecular Hbond substituents is 1. The molecule has 0 radical (unpaired) electrons. The number of hydrogen-bond acceptors (Lipinski definition) is 5. The van der Waals surface area contributed by atoms with E-state index >= 15 is 0 Å². The molecule has 0 spiro atoms. The summed E-state index contributed by atoms with van der Waals surface area (Å²) >= 11 is 0. The van der Waals surface area contributed by atoms with Gasteiger partial charge in [0, 0.05) is 5.56 Å². The van der Waals surface area contributed by atoms with E-state index in [1.807, 2.05) is 49.4 Å². The highest BCUT2D eigenvalue weighted by Crippen LogP contribution is 2.27. The van der Waals surface area contributed by atoms with Gasteiger partial charge < -0.3 is 14.6 Å². The van der Waals surface area contributed by atoms with E-state index < -0.39 is 11.6 Å².